The van der Waals surface area contributed by atoms with Crippen molar-refractivity contribution >= 4 is 5.97 Å². The van der Waals surface area contributed by atoms with E-state index in [1.807, 2.05) is 33.8 Å². The SMILES string of the molecule is CC(C)c1ccc(C#N)c(=O)[nH]1.CC(C)c1ccc(C(=O)O)c(=O)[nH]1. The summed E-state index contributed by atoms with van der Waals surface area (Å²) < 4.78 is 0. The third-order valence-corrected chi connectivity index (χ3v) is 3.46. The van der Waals surface area contributed by atoms with Gasteiger partial charge in [0.05, 0.1) is 0 Å². The standard InChI is InChI=1S/C9H10N2O.C9H11NO3/c1-6(2)8-4-3-7(5-10)9(12)11-8;1-5(2)7-4-3-6(9(12)13)8(11)10-7/h3-4,6H,1-2H3,(H,11,12);3-5H,1-2H3,(H,10,11)(H,12,13). The quantitative estimate of drug-likeness (QED) is 0.789. The molecule has 2 aromatic rings. The summed E-state index contributed by atoms with van der Waals surface area (Å²) in [5.74, 6) is -0.724. The Kier molecular flexibility index (Phi) is 6.88. The number of carboxylic acid groups (broad SMARTS) is 1. The zero-order valence-corrected chi connectivity index (χ0v) is 14.6. The van der Waals surface area contributed by atoms with Crippen LogP contribution in [-0.4, -0.2) is 21.0 Å². The van der Waals surface area contributed by atoms with Gasteiger partial charge < -0.3 is 15.1 Å². The average molecular weight is 343 g/mol. The lowest BCUT2D eigenvalue weighted by Gasteiger charge is -2.04. The predicted molar refractivity (Wildman–Crippen MR) is 94.0 cm³/mol. The molecule has 7 nitrogen and oxygen atoms in total. The topological polar surface area (TPSA) is 127 Å². The van der Waals surface area contributed by atoms with Crippen molar-refractivity contribution in [2.45, 2.75) is 39.5 Å². The minimum Gasteiger partial charge on any atom is -0.477 e. The van der Waals surface area contributed by atoms with Gasteiger partial charge in [-0.2, -0.15) is 5.26 Å². The minimum atomic E-state index is -1.20. The number of pyridine rings is 2. The number of aromatic nitrogens is 2. The van der Waals surface area contributed by atoms with Crippen molar-refractivity contribution in [2.24, 2.45) is 0 Å². The van der Waals surface area contributed by atoms with Crippen LogP contribution >= 0.6 is 0 Å². The molecule has 0 amide bonds. The highest BCUT2D eigenvalue weighted by atomic mass is 16.4. The molecule has 2 aromatic heterocycles. The summed E-state index contributed by atoms with van der Waals surface area (Å²) in [5.41, 5.74) is 0.709. The lowest BCUT2D eigenvalue weighted by molar-refractivity contribution is 0.0695. The van der Waals surface area contributed by atoms with Crippen LogP contribution in [0.3, 0.4) is 0 Å². The molecule has 2 rings (SSSR count). The monoisotopic (exact) mass is 343 g/mol. The van der Waals surface area contributed by atoms with Gasteiger partial charge in [-0.25, -0.2) is 4.79 Å². The molecule has 7 heteroatoms. The number of hydrogen-bond donors (Lipinski definition) is 3. The van der Waals surface area contributed by atoms with Gasteiger partial charge in [0.1, 0.15) is 17.2 Å². The van der Waals surface area contributed by atoms with Gasteiger partial charge in [-0.05, 0) is 36.1 Å². The molecule has 0 bridgehead atoms. The Labute approximate surface area is 145 Å². The fourth-order valence-corrected chi connectivity index (χ4v) is 1.91. The normalized spacial score (nSPS) is 10.1. The van der Waals surface area contributed by atoms with Crippen LogP contribution in [0.25, 0.3) is 0 Å². The Hall–Kier alpha value is -3.14. The molecule has 0 fully saturated rings. The Morgan fingerprint density at radius 1 is 0.960 bits per heavy atom. The smallest absolute Gasteiger partial charge is 0.341 e. The molecular formula is C18H21N3O4. The highest BCUT2D eigenvalue weighted by Crippen LogP contribution is 2.09. The van der Waals surface area contributed by atoms with E-state index in [4.69, 9.17) is 10.4 Å². The zero-order chi connectivity index (χ0) is 19.1. The number of nitriles is 1. The van der Waals surface area contributed by atoms with E-state index >= 15 is 0 Å². The zero-order valence-electron chi connectivity index (χ0n) is 14.6. The first-order chi connectivity index (χ1) is 11.7. The molecule has 3 N–H and O–H groups in total. The lowest BCUT2D eigenvalue weighted by atomic mass is 10.1. The largest absolute Gasteiger partial charge is 0.477 e. The molecule has 132 valence electrons. The Morgan fingerprint density at radius 3 is 1.80 bits per heavy atom. The Bertz CT molecular complexity index is 902. The Morgan fingerprint density at radius 2 is 1.44 bits per heavy atom. The molecule has 0 atom stereocenters. The van der Waals surface area contributed by atoms with E-state index in [1.165, 1.54) is 6.07 Å². The number of aromatic carboxylic acids is 1. The molecule has 2 heterocycles. The molecule has 0 saturated carbocycles. The summed E-state index contributed by atoms with van der Waals surface area (Å²) in [6.45, 7) is 7.81. The first-order valence-electron chi connectivity index (χ1n) is 7.77. The van der Waals surface area contributed by atoms with Crippen molar-refractivity contribution in [1.29, 1.82) is 5.26 Å². The minimum absolute atomic E-state index is 0.166. The molecule has 0 unspecified atom stereocenters. The van der Waals surface area contributed by atoms with E-state index in [9.17, 15) is 14.4 Å². The summed E-state index contributed by atoms with van der Waals surface area (Å²) >= 11 is 0. The van der Waals surface area contributed by atoms with Gasteiger partial charge in [0.2, 0.25) is 0 Å². The summed E-state index contributed by atoms with van der Waals surface area (Å²) in [5, 5.41) is 17.1. The number of nitrogens with one attached hydrogen (secondary N) is 2. The second-order valence-electron chi connectivity index (χ2n) is 6.04. The summed E-state index contributed by atoms with van der Waals surface area (Å²) in [7, 11) is 0. The van der Waals surface area contributed by atoms with Crippen molar-refractivity contribution in [1.82, 2.24) is 9.97 Å². The van der Waals surface area contributed by atoms with Crippen molar-refractivity contribution in [2.75, 3.05) is 0 Å². The van der Waals surface area contributed by atoms with Crippen molar-refractivity contribution in [3.63, 3.8) is 0 Å². The molecule has 0 aliphatic rings. The summed E-state index contributed by atoms with van der Waals surface area (Å²) in [4.78, 5) is 37.9. The van der Waals surface area contributed by atoms with Crippen LogP contribution in [-0.2, 0) is 0 Å². The van der Waals surface area contributed by atoms with Gasteiger partial charge in [0.15, 0.2) is 0 Å². The van der Waals surface area contributed by atoms with Crippen LogP contribution < -0.4 is 11.1 Å². The van der Waals surface area contributed by atoms with Crippen LogP contribution in [0.2, 0.25) is 0 Å². The summed E-state index contributed by atoms with van der Waals surface area (Å²) in [6.07, 6.45) is 0. The second kappa shape index (κ2) is 8.64. The summed E-state index contributed by atoms with van der Waals surface area (Å²) in [6, 6.07) is 8.09. The van der Waals surface area contributed by atoms with Gasteiger partial charge >= 0.3 is 5.97 Å². The predicted octanol–water partition coefficient (Wildman–Crippen LogP) is 2.57. The highest BCUT2D eigenvalue weighted by Gasteiger charge is 2.09. The van der Waals surface area contributed by atoms with E-state index in [0.29, 0.717) is 0 Å². The Balaban J connectivity index is 0.000000251. The molecular weight excluding hydrogens is 322 g/mol. The number of hydrogen-bond acceptors (Lipinski definition) is 4. The first-order valence-corrected chi connectivity index (χ1v) is 7.77. The maximum absolute atomic E-state index is 11.1. The third-order valence-electron chi connectivity index (χ3n) is 3.46. The number of carbonyl (C=O) groups is 1. The molecule has 0 saturated heterocycles. The molecule has 0 aromatic carbocycles. The van der Waals surface area contributed by atoms with E-state index in [0.717, 1.165) is 11.4 Å². The third kappa shape index (κ3) is 5.46. The van der Waals surface area contributed by atoms with Crippen molar-refractivity contribution < 1.29 is 9.90 Å². The maximum Gasteiger partial charge on any atom is 0.341 e. The molecule has 0 aliphatic heterocycles. The highest BCUT2D eigenvalue weighted by molar-refractivity contribution is 5.86. The fourth-order valence-electron chi connectivity index (χ4n) is 1.91. The molecule has 25 heavy (non-hydrogen) atoms. The van der Waals surface area contributed by atoms with Crippen molar-refractivity contribution in [3.8, 4) is 6.07 Å². The van der Waals surface area contributed by atoms with Crippen LogP contribution in [0.1, 0.15) is 66.8 Å². The van der Waals surface area contributed by atoms with Crippen LogP contribution in [0.4, 0.5) is 0 Å². The van der Waals surface area contributed by atoms with Crippen molar-refractivity contribution in [3.05, 3.63) is 67.5 Å². The second-order valence-corrected chi connectivity index (χ2v) is 6.04. The maximum atomic E-state index is 11.1. The molecule has 0 spiro atoms. The van der Waals surface area contributed by atoms with E-state index in [1.54, 1.807) is 18.2 Å². The number of carboxylic acids is 1. The van der Waals surface area contributed by atoms with E-state index in [2.05, 4.69) is 9.97 Å². The van der Waals surface area contributed by atoms with Gasteiger partial charge in [0.25, 0.3) is 11.1 Å². The van der Waals surface area contributed by atoms with Crippen LogP contribution in [0.5, 0.6) is 0 Å². The first kappa shape index (κ1) is 19.9. The molecule has 0 radical (unpaired) electrons. The van der Waals surface area contributed by atoms with Crippen LogP contribution in [0, 0.1) is 11.3 Å². The number of nitrogens with zero attached hydrogens (tertiary/aromatic N) is 1. The van der Waals surface area contributed by atoms with E-state index in [-0.39, 0.29) is 28.5 Å². The van der Waals surface area contributed by atoms with Gasteiger partial charge in [-0.3, -0.25) is 9.59 Å². The van der Waals surface area contributed by atoms with Gasteiger partial charge in [-0.1, -0.05) is 27.7 Å². The van der Waals surface area contributed by atoms with Gasteiger partial charge in [0, 0.05) is 11.4 Å². The average Bonchev–Trinajstić information content (AvgIpc) is 2.54. The fraction of sp³-hybridized carbons (Fsp3) is 0.333. The number of H-pyrrole nitrogens is 2. The van der Waals surface area contributed by atoms with Gasteiger partial charge in [-0.15, -0.1) is 0 Å². The number of rotatable bonds is 3. The molecule has 0 aliphatic carbocycles. The van der Waals surface area contributed by atoms with Crippen LogP contribution in [0.15, 0.2) is 33.9 Å². The van der Waals surface area contributed by atoms with E-state index < -0.39 is 11.5 Å². The lowest BCUT2D eigenvalue weighted by Crippen LogP contribution is -2.18. The number of aromatic amines is 2.